The molecular formula is C9H11NO2S. The molecule has 0 aliphatic rings. The lowest BCUT2D eigenvalue weighted by atomic mass is 10.1. The lowest BCUT2D eigenvalue weighted by Crippen LogP contribution is -2.34. The highest BCUT2D eigenvalue weighted by molar-refractivity contribution is 7.80. The maximum absolute atomic E-state index is 10.5. The van der Waals surface area contributed by atoms with E-state index in [4.69, 9.17) is 10.8 Å². The molecule has 0 fully saturated rings. The van der Waals surface area contributed by atoms with Crippen LogP contribution in [0.15, 0.2) is 30.3 Å². The van der Waals surface area contributed by atoms with E-state index < -0.39 is 17.3 Å². The molecule has 0 unspecified atom stereocenters. The molecule has 4 heteroatoms. The summed E-state index contributed by atoms with van der Waals surface area (Å²) < 4.78 is 0. The minimum Gasteiger partial charge on any atom is -0.480 e. The number of carbonyl (C=O) groups is 1. The van der Waals surface area contributed by atoms with Crippen LogP contribution in [-0.2, 0) is 4.79 Å². The quantitative estimate of drug-likeness (QED) is 0.635. The summed E-state index contributed by atoms with van der Waals surface area (Å²) in [4.78, 5) is 10.5. The lowest BCUT2D eigenvalue weighted by Gasteiger charge is -2.14. The van der Waals surface area contributed by atoms with Gasteiger partial charge >= 0.3 is 5.97 Å². The molecular weight excluding hydrogens is 186 g/mol. The Morgan fingerprint density at radius 2 is 1.92 bits per heavy atom. The van der Waals surface area contributed by atoms with Crippen LogP contribution in [-0.4, -0.2) is 17.1 Å². The van der Waals surface area contributed by atoms with Crippen molar-refractivity contribution in [3.63, 3.8) is 0 Å². The molecule has 1 aromatic carbocycles. The number of nitrogens with two attached hydrogens (primary N) is 1. The highest BCUT2D eigenvalue weighted by atomic mass is 32.1. The smallest absolute Gasteiger partial charge is 0.321 e. The molecule has 0 aromatic heterocycles. The fourth-order valence-electron chi connectivity index (χ4n) is 0.993. The molecule has 70 valence electrons. The van der Waals surface area contributed by atoms with Gasteiger partial charge in [0.15, 0.2) is 0 Å². The third-order valence-electron chi connectivity index (χ3n) is 1.77. The van der Waals surface area contributed by atoms with E-state index in [1.54, 1.807) is 12.1 Å². The van der Waals surface area contributed by atoms with Crippen LogP contribution in [0, 0.1) is 0 Å². The Morgan fingerprint density at radius 3 is 2.38 bits per heavy atom. The van der Waals surface area contributed by atoms with Crippen molar-refractivity contribution < 1.29 is 9.90 Å². The Hall–Kier alpha value is -1.00. The molecule has 0 aliphatic heterocycles. The van der Waals surface area contributed by atoms with Crippen molar-refractivity contribution in [2.24, 2.45) is 5.73 Å². The number of carboxylic acids is 1. The first-order chi connectivity index (χ1) is 6.13. The second-order valence-corrected chi connectivity index (χ2v) is 3.28. The number of rotatable bonds is 3. The van der Waals surface area contributed by atoms with Crippen LogP contribution in [0.5, 0.6) is 0 Å². The molecule has 2 atom stereocenters. The van der Waals surface area contributed by atoms with Crippen molar-refractivity contribution in [2.75, 3.05) is 0 Å². The van der Waals surface area contributed by atoms with Crippen LogP contribution in [0.4, 0.5) is 0 Å². The van der Waals surface area contributed by atoms with Crippen molar-refractivity contribution in [1.82, 2.24) is 0 Å². The average molecular weight is 197 g/mol. The van der Waals surface area contributed by atoms with Crippen molar-refractivity contribution in [3.8, 4) is 0 Å². The first kappa shape index (κ1) is 10.1. The van der Waals surface area contributed by atoms with Crippen LogP contribution in [0.2, 0.25) is 0 Å². The number of aliphatic carboxylic acids is 1. The maximum Gasteiger partial charge on any atom is 0.321 e. The average Bonchev–Trinajstić information content (AvgIpc) is 2.17. The molecule has 1 rings (SSSR count). The normalized spacial score (nSPS) is 14.9. The van der Waals surface area contributed by atoms with Crippen molar-refractivity contribution >= 4 is 18.6 Å². The third-order valence-corrected chi connectivity index (χ3v) is 2.39. The molecule has 0 heterocycles. The fourth-order valence-corrected chi connectivity index (χ4v) is 1.29. The van der Waals surface area contributed by atoms with E-state index in [1.807, 2.05) is 18.2 Å². The molecule has 1 aromatic rings. The predicted molar refractivity (Wildman–Crippen MR) is 53.8 cm³/mol. The fraction of sp³-hybridized carbons (Fsp3) is 0.222. The standard InChI is InChI=1S/C9H11NO2S/c10-7(9(11)12)8(13)6-4-2-1-3-5-6/h1-5,7-8,13H,10H2,(H,11,12)/t7-,8+/m1/s1. The summed E-state index contributed by atoms with van der Waals surface area (Å²) in [6, 6.07) is 8.16. The Morgan fingerprint density at radius 1 is 1.38 bits per heavy atom. The van der Waals surface area contributed by atoms with Gasteiger partial charge in [-0.25, -0.2) is 0 Å². The molecule has 0 saturated carbocycles. The number of hydrogen-bond acceptors (Lipinski definition) is 3. The molecule has 0 saturated heterocycles. The van der Waals surface area contributed by atoms with Crippen molar-refractivity contribution in [1.29, 1.82) is 0 Å². The largest absolute Gasteiger partial charge is 0.480 e. The maximum atomic E-state index is 10.5. The Kier molecular flexibility index (Phi) is 3.33. The van der Waals surface area contributed by atoms with Crippen molar-refractivity contribution in [3.05, 3.63) is 35.9 Å². The van der Waals surface area contributed by atoms with E-state index in [9.17, 15) is 4.79 Å². The number of carboxylic acid groups (broad SMARTS) is 1. The van der Waals surface area contributed by atoms with E-state index in [0.29, 0.717) is 0 Å². The zero-order valence-electron chi connectivity index (χ0n) is 6.92. The summed E-state index contributed by atoms with van der Waals surface area (Å²) in [7, 11) is 0. The zero-order valence-corrected chi connectivity index (χ0v) is 7.82. The van der Waals surface area contributed by atoms with Gasteiger partial charge in [0.25, 0.3) is 0 Å². The van der Waals surface area contributed by atoms with Gasteiger partial charge in [-0.05, 0) is 5.56 Å². The Labute approximate surface area is 82.0 Å². The molecule has 0 amide bonds. The van der Waals surface area contributed by atoms with Gasteiger partial charge in [-0.1, -0.05) is 30.3 Å². The topological polar surface area (TPSA) is 63.3 Å². The van der Waals surface area contributed by atoms with Gasteiger partial charge in [0.2, 0.25) is 0 Å². The minimum atomic E-state index is -1.04. The molecule has 0 aliphatic carbocycles. The number of thiol groups is 1. The number of hydrogen-bond donors (Lipinski definition) is 3. The minimum absolute atomic E-state index is 0.460. The predicted octanol–water partition coefficient (Wildman–Crippen LogP) is 1.07. The number of benzene rings is 1. The van der Waals surface area contributed by atoms with E-state index in [0.717, 1.165) is 5.56 Å². The third kappa shape index (κ3) is 2.47. The van der Waals surface area contributed by atoms with Gasteiger partial charge in [0.05, 0.1) is 5.25 Å². The first-order valence-corrected chi connectivity index (χ1v) is 4.36. The highest BCUT2D eigenvalue weighted by Gasteiger charge is 2.21. The highest BCUT2D eigenvalue weighted by Crippen LogP contribution is 2.22. The van der Waals surface area contributed by atoms with Crippen LogP contribution in [0.25, 0.3) is 0 Å². The van der Waals surface area contributed by atoms with E-state index in [2.05, 4.69) is 12.6 Å². The molecule has 3 nitrogen and oxygen atoms in total. The molecule has 13 heavy (non-hydrogen) atoms. The Balaban J connectivity index is 2.79. The first-order valence-electron chi connectivity index (χ1n) is 3.84. The van der Waals surface area contributed by atoms with Gasteiger partial charge in [0, 0.05) is 0 Å². The zero-order chi connectivity index (χ0) is 9.84. The van der Waals surface area contributed by atoms with E-state index >= 15 is 0 Å². The summed E-state index contributed by atoms with van der Waals surface area (Å²) in [5.41, 5.74) is 6.24. The van der Waals surface area contributed by atoms with Gasteiger partial charge in [-0.15, -0.1) is 0 Å². The van der Waals surface area contributed by atoms with E-state index in [1.165, 1.54) is 0 Å². The molecule has 0 radical (unpaired) electrons. The molecule has 3 N–H and O–H groups in total. The van der Waals surface area contributed by atoms with Gasteiger partial charge in [-0.3, -0.25) is 4.79 Å². The summed E-state index contributed by atoms with van der Waals surface area (Å²) in [5, 5.41) is 8.18. The SMILES string of the molecule is N[C@@H](C(=O)O)[C@@H](S)c1ccccc1. The summed E-state index contributed by atoms with van der Waals surface area (Å²) in [6.45, 7) is 0. The molecule has 0 bridgehead atoms. The monoisotopic (exact) mass is 197 g/mol. The van der Waals surface area contributed by atoms with Gasteiger partial charge in [-0.2, -0.15) is 12.6 Å². The summed E-state index contributed by atoms with van der Waals surface area (Å²) in [5.74, 6) is -1.04. The van der Waals surface area contributed by atoms with E-state index in [-0.39, 0.29) is 0 Å². The second kappa shape index (κ2) is 4.30. The van der Waals surface area contributed by atoms with Crippen LogP contribution < -0.4 is 5.73 Å². The Bertz CT molecular complexity index is 289. The van der Waals surface area contributed by atoms with Gasteiger partial charge in [0.1, 0.15) is 6.04 Å². The summed E-state index contributed by atoms with van der Waals surface area (Å²) >= 11 is 4.15. The summed E-state index contributed by atoms with van der Waals surface area (Å²) in [6.07, 6.45) is 0. The van der Waals surface area contributed by atoms with Crippen LogP contribution in [0.3, 0.4) is 0 Å². The second-order valence-electron chi connectivity index (χ2n) is 2.72. The van der Waals surface area contributed by atoms with Crippen molar-refractivity contribution in [2.45, 2.75) is 11.3 Å². The van der Waals surface area contributed by atoms with Crippen LogP contribution >= 0.6 is 12.6 Å². The van der Waals surface area contributed by atoms with Gasteiger partial charge < -0.3 is 10.8 Å². The lowest BCUT2D eigenvalue weighted by molar-refractivity contribution is -0.138. The van der Waals surface area contributed by atoms with Crippen LogP contribution in [0.1, 0.15) is 10.8 Å². The molecule has 0 spiro atoms.